The number of benzene rings is 2. The van der Waals surface area contributed by atoms with Gasteiger partial charge in [-0.3, -0.25) is 96.5 Å². The molecule has 0 saturated carbocycles. The Kier molecular flexibility index (Phi) is 43.5. The number of amides is 14. The Labute approximate surface area is 707 Å². The van der Waals surface area contributed by atoms with Crippen molar-refractivity contribution in [3.8, 4) is 0 Å². The number of carbonyl (C=O) groups is 20. The van der Waals surface area contributed by atoms with E-state index in [2.05, 4.69) is 79.8 Å². The Morgan fingerprint density at radius 2 is 0.846 bits per heavy atom. The number of carboxylic acid groups (broad SMARTS) is 6. The van der Waals surface area contributed by atoms with Crippen molar-refractivity contribution in [2.75, 3.05) is 32.7 Å². The van der Waals surface area contributed by atoms with Gasteiger partial charge < -0.3 is 127 Å². The normalized spacial score (nSPS) is 16.4. The van der Waals surface area contributed by atoms with Crippen LogP contribution in [-0.4, -0.2) is 277 Å². The molecule has 4 rings (SSSR count). The number of hydrogen-bond acceptors (Lipinski definition) is 23. The molecule has 45 heteroatoms. The molecule has 14 amide bonds. The highest BCUT2D eigenvalue weighted by Gasteiger charge is 2.43. The van der Waals surface area contributed by atoms with E-state index in [1.54, 1.807) is 76.2 Å². The van der Waals surface area contributed by atoms with Crippen molar-refractivity contribution in [1.82, 2.24) is 84.7 Å². The zero-order valence-corrected chi connectivity index (χ0v) is 68.9. The average Bonchev–Trinajstić information content (AvgIpc) is 1.70. The molecule has 2 aliphatic heterocycles. The highest BCUT2D eigenvalue weighted by molar-refractivity contribution is 6.02. The van der Waals surface area contributed by atoms with Crippen molar-refractivity contribution in [1.29, 1.82) is 5.41 Å². The lowest BCUT2D eigenvalue weighted by molar-refractivity contribution is -0.146. The summed E-state index contributed by atoms with van der Waals surface area (Å²) in [6.07, 6.45) is -5.67. The van der Waals surface area contributed by atoms with Crippen LogP contribution >= 0.6 is 0 Å². The minimum atomic E-state index is -2.03. The highest BCUT2D eigenvalue weighted by Crippen LogP contribution is 2.21. The Bertz CT molecular complexity index is 4060. The van der Waals surface area contributed by atoms with E-state index < -0.39 is 266 Å². The maximum Gasteiger partial charge on any atom is 0.326 e. The van der Waals surface area contributed by atoms with Gasteiger partial charge in [-0.2, -0.15) is 0 Å². The summed E-state index contributed by atoms with van der Waals surface area (Å²) >= 11 is 0. The summed E-state index contributed by atoms with van der Waals surface area (Å²) in [6.45, 7) is 7.31. The summed E-state index contributed by atoms with van der Waals surface area (Å²) in [5.74, 6) is -25.7. The quantitative estimate of drug-likeness (QED) is 0.0167. The number of aliphatic carboxylic acids is 6. The highest BCUT2D eigenvalue weighted by atomic mass is 16.4. The maximum atomic E-state index is 14.8. The third-order valence-corrected chi connectivity index (χ3v) is 19.4. The van der Waals surface area contributed by atoms with E-state index in [9.17, 15) is 127 Å². The summed E-state index contributed by atoms with van der Waals surface area (Å²) in [5, 5.41) is 103. The average molecular weight is 1730 g/mol. The zero-order chi connectivity index (χ0) is 91.7. The van der Waals surface area contributed by atoms with E-state index in [4.69, 9.17) is 16.9 Å². The number of carboxylic acids is 6. The van der Waals surface area contributed by atoms with E-state index >= 15 is 0 Å². The van der Waals surface area contributed by atoms with Gasteiger partial charge in [-0.25, -0.2) is 4.79 Å². The van der Waals surface area contributed by atoms with Crippen molar-refractivity contribution in [3.63, 3.8) is 0 Å². The van der Waals surface area contributed by atoms with Crippen LogP contribution in [0, 0.1) is 17.2 Å². The molecular formula is C78H115N19O26. The molecule has 123 heavy (non-hydrogen) atoms. The van der Waals surface area contributed by atoms with Crippen LogP contribution < -0.4 is 91.2 Å². The second-order valence-electron chi connectivity index (χ2n) is 30.6. The lowest BCUT2D eigenvalue weighted by atomic mass is 10.00. The first kappa shape index (κ1) is 102. The topological polar surface area (TPSA) is 722 Å². The van der Waals surface area contributed by atoms with Crippen LogP contribution in [0.4, 0.5) is 0 Å². The molecule has 26 N–H and O–H groups in total. The molecule has 2 heterocycles. The molecule has 0 bridgehead atoms. The van der Waals surface area contributed by atoms with E-state index in [1.165, 1.54) is 19.1 Å². The second-order valence-corrected chi connectivity index (χ2v) is 30.6. The van der Waals surface area contributed by atoms with Gasteiger partial charge >= 0.3 is 35.8 Å². The van der Waals surface area contributed by atoms with Crippen molar-refractivity contribution in [3.05, 3.63) is 71.8 Å². The van der Waals surface area contributed by atoms with Crippen LogP contribution in [0.1, 0.15) is 155 Å². The first-order valence-corrected chi connectivity index (χ1v) is 40.2. The number of carbonyl (C=O) groups excluding carboxylic acids is 14. The molecule has 0 unspecified atom stereocenters. The largest absolute Gasteiger partial charge is 0.481 e. The summed E-state index contributed by atoms with van der Waals surface area (Å²) in [7, 11) is 0. The van der Waals surface area contributed by atoms with Gasteiger partial charge in [-0.1, -0.05) is 88.4 Å². The molecule has 0 aromatic heterocycles. The molecule has 0 spiro atoms. The number of rotatable bonds is 55. The lowest BCUT2D eigenvalue weighted by Gasteiger charge is -2.30. The fraction of sp³-hybridized carbons (Fsp3) is 0.577. The zero-order valence-electron chi connectivity index (χ0n) is 68.9. The smallest absolute Gasteiger partial charge is 0.326 e. The van der Waals surface area contributed by atoms with Crippen molar-refractivity contribution in [2.45, 2.75) is 241 Å². The first-order valence-electron chi connectivity index (χ1n) is 40.2. The molecule has 14 atom stereocenters. The summed E-state index contributed by atoms with van der Waals surface area (Å²) in [4.78, 5) is 271. The van der Waals surface area contributed by atoms with Crippen LogP contribution in [0.3, 0.4) is 0 Å². The predicted octanol–water partition coefficient (Wildman–Crippen LogP) is -5.50. The number of guanidine groups is 1. The Morgan fingerprint density at radius 3 is 1.30 bits per heavy atom. The fourth-order valence-corrected chi connectivity index (χ4v) is 13.2. The Balaban J connectivity index is 1.59. The molecule has 2 aromatic carbocycles. The minimum absolute atomic E-state index is 0.00858. The van der Waals surface area contributed by atoms with E-state index in [0.29, 0.717) is 30.5 Å². The Hall–Kier alpha value is -13.0. The molecule has 2 aliphatic rings. The summed E-state index contributed by atoms with van der Waals surface area (Å²) in [5.41, 5.74) is 12.0. The van der Waals surface area contributed by atoms with Gasteiger partial charge in [0.25, 0.3) is 0 Å². The van der Waals surface area contributed by atoms with Crippen LogP contribution in [0.15, 0.2) is 60.7 Å². The monoisotopic (exact) mass is 1730 g/mol. The minimum Gasteiger partial charge on any atom is -0.481 e. The summed E-state index contributed by atoms with van der Waals surface area (Å²) in [6, 6.07) is -7.11. The maximum absolute atomic E-state index is 14.8. The van der Waals surface area contributed by atoms with Crippen LogP contribution in [0.25, 0.3) is 0 Å². The standard InChI is InChI=1S/C78H115N19O26/c1-40(2)31-49(70(115)95-53(36-61(103)104)73(118)88-46(21-12-13-27-79)67(112)93-52(35-60(101)102)65(110)84-39-58(98)86-56(77(122)123)32-41(3)4)90-71(116)50(33-43-17-8-6-9-18-43)91-68(113)47(23-15-29-83-78(80)81)87-64(109)42(5)85-75(120)57-24-16-30-97(57)76(121)55(38-63(107)108)96-72(117)51(34-44-19-10-7-11-20-44)92-74(119)54(37-62(105)106)94-69(114)48(25-26-59(99)100)89-66(111)45-22-14-28-82-45/h6-11,17-20,40-42,45-57,82H,12-16,21-39,79H2,1-5H3,(H,84,110)(H,85,120)(H,86,98)(H,87,109)(H,88,118)(H,89,111)(H,90,116)(H,91,113)(H,92,119)(H,93,112)(H,94,114)(H,95,115)(H,96,117)(H,99,100)(H,101,102)(H,103,104)(H,105,106)(H,107,108)(H,122,123)(H4,80,81,83)/t42-,45-,46-,47-,48-,49-,50-,51-,52-,53-,54-,55-,56-,57-/m0/s1. The molecule has 45 nitrogen and oxygen atoms in total. The van der Waals surface area contributed by atoms with Gasteiger partial charge in [-0.05, 0) is 120 Å². The van der Waals surface area contributed by atoms with Crippen LogP contribution in [-0.2, 0) is 109 Å². The van der Waals surface area contributed by atoms with Crippen LogP contribution in [0.2, 0.25) is 0 Å². The van der Waals surface area contributed by atoms with Gasteiger partial charge in [0.15, 0.2) is 5.96 Å². The molecule has 2 fully saturated rings. The molecule has 678 valence electrons. The number of nitrogens with zero attached hydrogens (tertiary/aromatic N) is 1. The Morgan fingerprint density at radius 1 is 0.431 bits per heavy atom. The van der Waals surface area contributed by atoms with Crippen molar-refractivity contribution >= 4 is 124 Å². The SMILES string of the molecule is CC(C)C[C@H](NC(=O)CNC(=O)[C@H](CC(=O)O)NC(=O)[C@H](CCCCN)NC(=O)[C@H](CC(=O)O)NC(=O)[C@H](CC(C)C)NC(=O)[C@H](Cc1ccccc1)NC(=O)[C@H](CCCNC(=N)N)NC(=O)[C@H](C)NC(=O)[C@@H]1CCCN1C(=O)[C@H](CC(=O)O)NC(=O)[C@H](Cc1ccccc1)NC(=O)[C@H](CC(=O)O)NC(=O)[C@H](CCC(=O)O)NC(=O)[C@@H]1CCCN1)C(=O)O. The third-order valence-electron chi connectivity index (χ3n) is 19.4. The number of unbranched alkanes of at least 4 members (excludes halogenated alkanes) is 1. The second kappa shape index (κ2) is 52.3. The first-order chi connectivity index (χ1) is 58.0. The van der Waals surface area contributed by atoms with Gasteiger partial charge in [0, 0.05) is 32.4 Å². The molecular weight excluding hydrogens is 1620 g/mol. The molecule has 0 radical (unpaired) electrons. The van der Waals surface area contributed by atoms with Gasteiger partial charge in [0.1, 0.15) is 78.5 Å². The van der Waals surface area contributed by atoms with E-state index in [1.807, 2.05) is 0 Å². The summed E-state index contributed by atoms with van der Waals surface area (Å²) < 4.78 is 0. The molecule has 2 saturated heterocycles. The van der Waals surface area contributed by atoms with E-state index in [0.717, 1.165) is 4.90 Å². The van der Waals surface area contributed by atoms with Crippen molar-refractivity contribution in [2.24, 2.45) is 23.3 Å². The molecule has 0 aliphatic carbocycles. The fourth-order valence-electron chi connectivity index (χ4n) is 13.2. The number of hydrogen-bond donors (Lipinski definition) is 24. The van der Waals surface area contributed by atoms with Crippen molar-refractivity contribution < 1.29 is 127 Å². The lowest BCUT2D eigenvalue weighted by Crippen LogP contribution is -2.61. The van der Waals surface area contributed by atoms with Gasteiger partial charge in [-0.15, -0.1) is 0 Å². The van der Waals surface area contributed by atoms with Gasteiger partial charge in [0.05, 0.1) is 38.3 Å². The number of likely N-dealkylation sites (tertiary alicyclic amines) is 1. The van der Waals surface area contributed by atoms with E-state index in [-0.39, 0.29) is 89.8 Å². The predicted molar refractivity (Wildman–Crippen MR) is 432 cm³/mol. The number of nitrogens with two attached hydrogens (primary N) is 2. The number of nitrogens with one attached hydrogen (secondary N) is 16. The molecule has 2 aromatic rings. The third kappa shape index (κ3) is 37.7. The van der Waals surface area contributed by atoms with Crippen LogP contribution in [0.5, 0.6) is 0 Å². The van der Waals surface area contributed by atoms with Gasteiger partial charge in [0.2, 0.25) is 82.7 Å².